The van der Waals surface area contributed by atoms with E-state index in [4.69, 9.17) is 14.2 Å². The molecule has 0 aliphatic carbocycles. The number of hydrogen-bond donors (Lipinski definition) is 1. The van der Waals surface area contributed by atoms with Crippen LogP contribution in [0.3, 0.4) is 0 Å². The van der Waals surface area contributed by atoms with Crippen LogP contribution in [-0.2, 0) is 16.2 Å². The van der Waals surface area contributed by atoms with Gasteiger partial charge in [-0.2, -0.15) is 0 Å². The van der Waals surface area contributed by atoms with Crippen molar-refractivity contribution in [1.82, 2.24) is 5.32 Å². The Kier molecular flexibility index (Phi) is 5.54. The van der Waals surface area contributed by atoms with Crippen LogP contribution in [0.15, 0.2) is 90.5 Å². The number of ether oxygens (including phenoxy) is 3. The van der Waals surface area contributed by atoms with E-state index in [1.54, 1.807) is 30.3 Å². The molecule has 4 aromatic rings. The van der Waals surface area contributed by atoms with Gasteiger partial charge in [-0.05, 0) is 46.7 Å². The molecule has 182 valence electrons. The summed E-state index contributed by atoms with van der Waals surface area (Å²) in [5.74, 6) is -0.116. The first-order valence-corrected chi connectivity index (χ1v) is 11.6. The number of amides is 4. The van der Waals surface area contributed by atoms with E-state index in [1.807, 2.05) is 42.5 Å². The SMILES string of the molecule is O=C1NC(=O)N(c2ccc3c(c2)OCO3)C(=O)/C1=C/c1ccccc1OCc1ccc2ccccc2c1. The van der Waals surface area contributed by atoms with Crippen molar-refractivity contribution in [2.75, 3.05) is 11.7 Å². The highest BCUT2D eigenvalue weighted by Crippen LogP contribution is 2.36. The van der Waals surface area contributed by atoms with Crippen LogP contribution in [-0.4, -0.2) is 24.6 Å². The number of barbiturate groups is 1. The van der Waals surface area contributed by atoms with Gasteiger partial charge in [0.2, 0.25) is 6.79 Å². The van der Waals surface area contributed by atoms with Gasteiger partial charge >= 0.3 is 6.03 Å². The molecule has 0 saturated carbocycles. The summed E-state index contributed by atoms with van der Waals surface area (Å²) in [5, 5.41) is 4.48. The minimum Gasteiger partial charge on any atom is -0.488 e. The molecule has 8 nitrogen and oxygen atoms in total. The number of carbonyl (C=O) groups is 3. The summed E-state index contributed by atoms with van der Waals surface area (Å²) >= 11 is 0. The molecule has 1 saturated heterocycles. The van der Waals surface area contributed by atoms with E-state index >= 15 is 0 Å². The Bertz CT molecular complexity index is 1610. The molecule has 0 spiro atoms. The fourth-order valence-electron chi connectivity index (χ4n) is 4.29. The first-order chi connectivity index (χ1) is 18.1. The van der Waals surface area contributed by atoms with E-state index in [2.05, 4.69) is 11.4 Å². The largest absolute Gasteiger partial charge is 0.488 e. The van der Waals surface area contributed by atoms with Crippen molar-refractivity contribution in [1.29, 1.82) is 0 Å². The van der Waals surface area contributed by atoms with E-state index < -0.39 is 17.8 Å². The summed E-state index contributed by atoms with van der Waals surface area (Å²) in [6.07, 6.45) is 1.43. The zero-order valence-corrected chi connectivity index (χ0v) is 19.5. The van der Waals surface area contributed by atoms with E-state index in [0.29, 0.717) is 29.4 Å². The quantitative estimate of drug-likeness (QED) is 0.317. The summed E-state index contributed by atoms with van der Waals surface area (Å²) in [7, 11) is 0. The zero-order chi connectivity index (χ0) is 25.4. The van der Waals surface area contributed by atoms with Crippen LogP contribution in [0.2, 0.25) is 0 Å². The molecule has 2 aliphatic heterocycles. The summed E-state index contributed by atoms with van der Waals surface area (Å²) in [5.41, 5.74) is 1.57. The Morgan fingerprint density at radius 1 is 0.838 bits per heavy atom. The lowest BCUT2D eigenvalue weighted by atomic mass is 10.1. The maximum atomic E-state index is 13.3. The van der Waals surface area contributed by atoms with Gasteiger partial charge in [0, 0.05) is 11.6 Å². The molecule has 4 amide bonds. The van der Waals surface area contributed by atoms with Crippen LogP contribution in [0, 0.1) is 0 Å². The summed E-state index contributed by atoms with van der Waals surface area (Å²) < 4.78 is 16.7. The van der Waals surface area contributed by atoms with Crippen LogP contribution in [0.1, 0.15) is 11.1 Å². The van der Waals surface area contributed by atoms with Crippen LogP contribution in [0.25, 0.3) is 16.8 Å². The maximum Gasteiger partial charge on any atom is 0.335 e. The number of rotatable bonds is 5. The minimum atomic E-state index is -0.841. The average Bonchev–Trinajstić information content (AvgIpc) is 3.38. The molecular formula is C29H20N2O6. The molecule has 0 atom stereocenters. The van der Waals surface area contributed by atoms with Crippen LogP contribution in [0.4, 0.5) is 10.5 Å². The topological polar surface area (TPSA) is 94.2 Å². The van der Waals surface area contributed by atoms with Gasteiger partial charge in [0.25, 0.3) is 11.8 Å². The number of anilines is 1. The number of benzene rings is 4. The lowest BCUT2D eigenvalue weighted by Gasteiger charge is -2.26. The van der Waals surface area contributed by atoms with E-state index in [-0.39, 0.29) is 18.1 Å². The van der Waals surface area contributed by atoms with Gasteiger partial charge in [0.1, 0.15) is 17.9 Å². The zero-order valence-electron chi connectivity index (χ0n) is 19.5. The Morgan fingerprint density at radius 3 is 2.51 bits per heavy atom. The molecule has 0 aromatic heterocycles. The molecule has 8 heteroatoms. The van der Waals surface area contributed by atoms with Crippen molar-refractivity contribution >= 4 is 40.4 Å². The number of nitrogens with one attached hydrogen (secondary N) is 1. The first kappa shape index (κ1) is 22.4. The lowest BCUT2D eigenvalue weighted by Crippen LogP contribution is -2.54. The standard InChI is InChI=1S/C29H20N2O6/c32-27-23(28(33)31(29(34)30-27)22-11-12-25-26(15-22)37-17-36-25)14-21-7-3-4-8-24(21)35-16-18-9-10-19-5-1-2-6-20(19)13-18/h1-15H,16-17H2,(H,30,32,34)/b23-14+. The second-order valence-corrected chi connectivity index (χ2v) is 8.50. The van der Waals surface area contributed by atoms with Crippen LogP contribution < -0.4 is 24.4 Å². The summed E-state index contributed by atoms with van der Waals surface area (Å²) in [6, 6.07) is 25.1. The van der Waals surface area contributed by atoms with Crippen molar-refractivity contribution in [3.05, 3.63) is 102 Å². The highest BCUT2D eigenvalue weighted by Gasteiger charge is 2.37. The number of urea groups is 1. The number of nitrogens with zero attached hydrogens (tertiary/aromatic N) is 1. The molecule has 6 rings (SSSR count). The second-order valence-electron chi connectivity index (χ2n) is 8.50. The molecule has 1 fully saturated rings. The van der Waals surface area contributed by atoms with E-state index in [1.165, 1.54) is 12.1 Å². The third-order valence-electron chi connectivity index (χ3n) is 6.14. The molecule has 4 aromatic carbocycles. The van der Waals surface area contributed by atoms with Crippen LogP contribution in [0.5, 0.6) is 17.2 Å². The number of hydrogen-bond acceptors (Lipinski definition) is 6. The molecule has 0 bridgehead atoms. The second kappa shape index (κ2) is 9.16. The van der Waals surface area contributed by atoms with E-state index in [0.717, 1.165) is 21.2 Å². The molecule has 0 unspecified atom stereocenters. The van der Waals surface area contributed by atoms with Crippen molar-refractivity contribution in [2.45, 2.75) is 6.61 Å². The fraction of sp³-hybridized carbons (Fsp3) is 0.0690. The molecular weight excluding hydrogens is 472 g/mol. The fourth-order valence-corrected chi connectivity index (χ4v) is 4.29. The van der Waals surface area contributed by atoms with Gasteiger partial charge in [-0.25, -0.2) is 9.69 Å². The van der Waals surface area contributed by atoms with Crippen molar-refractivity contribution < 1.29 is 28.6 Å². The van der Waals surface area contributed by atoms with Crippen molar-refractivity contribution in [3.8, 4) is 17.2 Å². The van der Waals surface area contributed by atoms with Gasteiger partial charge in [0.05, 0.1) is 5.69 Å². The van der Waals surface area contributed by atoms with Gasteiger partial charge in [-0.15, -0.1) is 0 Å². The summed E-state index contributed by atoms with van der Waals surface area (Å²) in [4.78, 5) is 39.5. The minimum absolute atomic E-state index is 0.0541. The highest BCUT2D eigenvalue weighted by molar-refractivity contribution is 6.39. The number of imide groups is 2. The number of carbonyl (C=O) groups excluding carboxylic acids is 3. The molecule has 0 radical (unpaired) electrons. The normalized spacial score (nSPS) is 15.8. The van der Waals surface area contributed by atoms with Crippen molar-refractivity contribution in [3.63, 3.8) is 0 Å². The Labute approximate surface area is 211 Å². The van der Waals surface area contributed by atoms with Gasteiger partial charge in [0.15, 0.2) is 11.5 Å². The van der Waals surface area contributed by atoms with Crippen molar-refractivity contribution in [2.24, 2.45) is 0 Å². The predicted molar refractivity (Wildman–Crippen MR) is 136 cm³/mol. The maximum absolute atomic E-state index is 13.3. The van der Waals surface area contributed by atoms with Gasteiger partial charge in [-0.3, -0.25) is 14.9 Å². The predicted octanol–water partition coefficient (Wildman–Crippen LogP) is 4.81. The third kappa shape index (κ3) is 4.25. The molecule has 1 N–H and O–H groups in total. The lowest BCUT2D eigenvalue weighted by molar-refractivity contribution is -0.122. The first-order valence-electron chi connectivity index (χ1n) is 11.6. The number of para-hydroxylation sites is 1. The molecule has 37 heavy (non-hydrogen) atoms. The van der Waals surface area contributed by atoms with Gasteiger partial charge < -0.3 is 14.2 Å². The Balaban J connectivity index is 1.28. The molecule has 2 heterocycles. The van der Waals surface area contributed by atoms with Crippen LogP contribution >= 0.6 is 0 Å². The third-order valence-corrected chi connectivity index (χ3v) is 6.14. The number of fused-ring (bicyclic) bond motifs is 2. The highest BCUT2D eigenvalue weighted by atomic mass is 16.7. The smallest absolute Gasteiger partial charge is 0.335 e. The Morgan fingerprint density at radius 2 is 1.62 bits per heavy atom. The van der Waals surface area contributed by atoms with E-state index in [9.17, 15) is 14.4 Å². The monoisotopic (exact) mass is 492 g/mol. The molecule has 2 aliphatic rings. The van der Waals surface area contributed by atoms with Gasteiger partial charge in [-0.1, -0.05) is 54.6 Å². The Hall–Kier alpha value is -5.11. The average molecular weight is 492 g/mol. The summed E-state index contributed by atoms with van der Waals surface area (Å²) in [6.45, 7) is 0.353.